The Morgan fingerprint density at radius 1 is 1.32 bits per heavy atom. The van der Waals surface area contributed by atoms with Crippen LogP contribution >= 0.6 is 11.8 Å². The van der Waals surface area contributed by atoms with Gasteiger partial charge in [0, 0.05) is 30.9 Å². The summed E-state index contributed by atoms with van der Waals surface area (Å²) in [6.45, 7) is 9.46. The number of anilines is 1. The van der Waals surface area contributed by atoms with E-state index in [9.17, 15) is 0 Å². The third-order valence-electron chi connectivity index (χ3n) is 2.82. The van der Waals surface area contributed by atoms with Crippen molar-refractivity contribution >= 4 is 17.6 Å². The largest absolute Gasteiger partial charge is 0.396 e. The molecule has 0 spiro atoms. The van der Waals surface area contributed by atoms with Crippen LogP contribution in [0.25, 0.3) is 0 Å². The fraction of sp³-hybridized carbons (Fsp3) is 0.714. The first-order valence-electron chi connectivity index (χ1n) is 6.97. The van der Waals surface area contributed by atoms with Crippen LogP contribution in [0.15, 0.2) is 5.03 Å². The van der Waals surface area contributed by atoms with Crippen LogP contribution in [0.1, 0.15) is 38.6 Å². The second kappa shape index (κ2) is 8.38. The van der Waals surface area contributed by atoms with E-state index in [1.807, 2.05) is 6.92 Å². The minimum absolute atomic E-state index is 0.221. The van der Waals surface area contributed by atoms with Gasteiger partial charge in [0.1, 0.15) is 16.7 Å². The number of rotatable bonds is 8. The van der Waals surface area contributed by atoms with Crippen LogP contribution in [-0.4, -0.2) is 34.0 Å². The lowest BCUT2D eigenvalue weighted by Gasteiger charge is -2.14. The molecule has 2 N–H and O–H groups in total. The lowest BCUT2D eigenvalue weighted by Crippen LogP contribution is -2.09. The number of hydrogen-bond donors (Lipinski definition) is 2. The highest BCUT2D eigenvalue weighted by atomic mass is 32.2. The lowest BCUT2D eigenvalue weighted by atomic mass is 10.2. The van der Waals surface area contributed by atoms with E-state index in [1.165, 1.54) is 0 Å². The molecule has 0 aromatic carbocycles. The van der Waals surface area contributed by atoms with E-state index >= 15 is 0 Å². The van der Waals surface area contributed by atoms with Crippen molar-refractivity contribution in [3.8, 4) is 0 Å². The smallest absolute Gasteiger partial charge is 0.133 e. The molecular formula is C14H25N3OS. The van der Waals surface area contributed by atoms with E-state index in [-0.39, 0.29) is 12.5 Å². The summed E-state index contributed by atoms with van der Waals surface area (Å²) in [5, 5.41) is 13.5. The average molecular weight is 283 g/mol. The minimum atomic E-state index is 0.221. The molecule has 108 valence electrons. The molecule has 1 heterocycles. The van der Waals surface area contributed by atoms with Crippen molar-refractivity contribution in [3.05, 3.63) is 11.4 Å². The predicted molar refractivity (Wildman–Crippen MR) is 81.9 cm³/mol. The number of aryl methyl sites for hydroxylation is 1. The molecule has 1 unspecified atom stereocenters. The van der Waals surface area contributed by atoms with E-state index in [1.54, 1.807) is 11.8 Å². The van der Waals surface area contributed by atoms with Gasteiger partial charge < -0.3 is 10.4 Å². The Bertz CT molecular complexity index is 399. The third-order valence-corrected chi connectivity index (χ3v) is 4.23. The van der Waals surface area contributed by atoms with Gasteiger partial charge in [-0.1, -0.05) is 20.8 Å². The molecule has 1 atom stereocenters. The number of aliphatic hydroxyl groups is 1. The van der Waals surface area contributed by atoms with Gasteiger partial charge in [-0.2, -0.15) is 0 Å². The highest BCUT2D eigenvalue weighted by molar-refractivity contribution is 7.99. The number of nitrogens with zero attached hydrogens (tertiary/aromatic N) is 2. The summed E-state index contributed by atoms with van der Waals surface area (Å²) < 4.78 is 0. The van der Waals surface area contributed by atoms with Crippen molar-refractivity contribution in [2.45, 2.75) is 45.6 Å². The maximum absolute atomic E-state index is 9.10. The number of aromatic nitrogens is 2. The minimum Gasteiger partial charge on any atom is -0.396 e. The van der Waals surface area contributed by atoms with Gasteiger partial charge in [0.2, 0.25) is 0 Å². The molecule has 0 aliphatic rings. The average Bonchev–Trinajstić information content (AvgIpc) is 2.44. The first-order valence-corrected chi connectivity index (χ1v) is 7.95. The summed E-state index contributed by atoms with van der Waals surface area (Å²) in [7, 11) is 0. The number of aliphatic hydroxyl groups excluding tert-OH is 1. The Hall–Kier alpha value is -0.810. The Labute approximate surface area is 120 Å². The molecule has 1 aromatic heterocycles. The summed E-state index contributed by atoms with van der Waals surface area (Å²) >= 11 is 1.71. The maximum Gasteiger partial charge on any atom is 0.133 e. The van der Waals surface area contributed by atoms with Crippen molar-refractivity contribution in [2.75, 3.05) is 24.2 Å². The molecule has 0 aliphatic heterocycles. The Balaban J connectivity index is 2.88. The number of hydrogen-bond acceptors (Lipinski definition) is 5. The normalized spacial score (nSPS) is 12.5. The molecule has 0 saturated carbocycles. The van der Waals surface area contributed by atoms with Gasteiger partial charge in [-0.25, -0.2) is 9.97 Å². The van der Waals surface area contributed by atoms with Crippen LogP contribution < -0.4 is 5.32 Å². The van der Waals surface area contributed by atoms with Gasteiger partial charge in [-0.3, -0.25) is 0 Å². The standard InChI is InChI=1S/C14H25N3OS/c1-5-7-15-13-11(4)14(17-12(6-2)16-13)19-9-10(3)8-18/h10,18H,5-9H2,1-4H3,(H,15,16,17). The Morgan fingerprint density at radius 3 is 2.63 bits per heavy atom. The zero-order valence-corrected chi connectivity index (χ0v) is 13.2. The molecule has 1 aromatic rings. The van der Waals surface area contributed by atoms with Crippen molar-refractivity contribution in [1.82, 2.24) is 9.97 Å². The van der Waals surface area contributed by atoms with Crippen molar-refractivity contribution < 1.29 is 5.11 Å². The second-order valence-corrected chi connectivity index (χ2v) is 5.81. The SMILES string of the molecule is CCCNc1nc(CC)nc(SCC(C)CO)c1C. The van der Waals surface area contributed by atoms with Gasteiger partial charge in [0.25, 0.3) is 0 Å². The number of thioether (sulfide) groups is 1. The molecule has 19 heavy (non-hydrogen) atoms. The van der Waals surface area contributed by atoms with Crippen molar-refractivity contribution in [2.24, 2.45) is 5.92 Å². The molecule has 0 saturated heterocycles. The molecule has 5 heteroatoms. The van der Waals surface area contributed by atoms with E-state index in [0.717, 1.165) is 47.4 Å². The monoisotopic (exact) mass is 283 g/mol. The second-order valence-electron chi connectivity index (χ2n) is 4.80. The molecule has 0 aliphatic carbocycles. The summed E-state index contributed by atoms with van der Waals surface area (Å²) in [4.78, 5) is 9.15. The molecule has 0 radical (unpaired) electrons. The van der Waals surface area contributed by atoms with Crippen LogP contribution in [0, 0.1) is 12.8 Å². The fourth-order valence-corrected chi connectivity index (χ4v) is 2.56. The van der Waals surface area contributed by atoms with Gasteiger partial charge in [-0.05, 0) is 19.3 Å². The summed E-state index contributed by atoms with van der Waals surface area (Å²) in [5.74, 6) is 3.00. The van der Waals surface area contributed by atoms with Crippen molar-refractivity contribution in [3.63, 3.8) is 0 Å². The summed E-state index contributed by atoms with van der Waals surface area (Å²) in [5.41, 5.74) is 1.11. The zero-order chi connectivity index (χ0) is 14.3. The topological polar surface area (TPSA) is 58.0 Å². The third kappa shape index (κ3) is 4.99. The van der Waals surface area contributed by atoms with Crippen LogP contribution in [0.4, 0.5) is 5.82 Å². The van der Waals surface area contributed by atoms with Crippen LogP contribution in [0.5, 0.6) is 0 Å². The highest BCUT2D eigenvalue weighted by Gasteiger charge is 2.11. The molecule has 0 amide bonds. The van der Waals surface area contributed by atoms with E-state index < -0.39 is 0 Å². The van der Waals surface area contributed by atoms with E-state index in [2.05, 4.69) is 36.1 Å². The molecule has 0 bridgehead atoms. The van der Waals surface area contributed by atoms with Crippen LogP contribution in [-0.2, 0) is 6.42 Å². The highest BCUT2D eigenvalue weighted by Crippen LogP contribution is 2.26. The number of nitrogens with one attached hydrogen (secondary N) is 1. The molecule has 1 rings (SSSR count). The van der Waals surface area contributed by atoms with Gasteiger partial charge in [0.05, 0.1) is 0 Å². The lowest BCUT2D eigenvalue weighted by molar-refractivity contribution is 0.250. The summed E-state index contributed by atoms with van der Waals surface area (Å²) in [6.07, 6.45) is 1.92. The Morgan fingerprint density at radius 2 is 2.05 bits per heavy atom. The zero-order valence-electron chi connectivity index (χ0n) is 12.4. The molecule has 0 fully saturated rings. The summed E-state index contributed by atoms with van der Waals surface area (Å²) in [6, 6.07) is 0. The molecular weight excluding hydrogens is 258 g/mol. The van der Waals surface area contributed by atoms with E-state index in [4.69, 9.17) is 5.11 Å². The van der Waals surface area contributed by atoms with Gasteiger partial charge in [-0.15, -0.1) is 11.8 Å². The fourth-order valence-electron chi connectivity index (χ4n) is 1.53. The maximum atomic E-state index is 9.10. The van der Waals surface area contributed by atoms with Gasteiger partial charge in [0.15, 0.2) is 0 Å². The predicted octanol–water partition coefficient (Wildman–Crippen LogP) is 2.89. The van der Waals surface area contributed by atoms with E-state index in [0.29, 0.717) is 0 Å². The quantitative estimate of drug-likeness (QED) is 0.567. The first kappa shape index (κ1) is 16.2. The van der Waals surface area contributed by atoms with Crippen LogP contribution in [0.2, 0.25) is 0 Å². The van der Waals surface area contributed by atoms with Crippen LogP contribution in [0.3, 0.4) is 0 Å². The molecule has 4 nitrogen and oxygen atoms in total. The Kier molecular flexibility index (Phi) is 7.16. The van der Waals surface area contributed by atoms with Gasteiger partial charge >= 0.3 is 0 Å². The van der Waals surface area contributed by atoms with Crippen molar-refractivity contribution in [1.29, 1.82) is 0 Å². The first-order chi connectivity index (χ1) is 9.12.